The molecule has 3 rings (SSSR count). The van der Waals surface area contributed by atoms with E-state index in [9.17, 15) is 4.79 Å². The maximum atomic E-state index is 12.8. The zero-order valence-corrected chi connectivity index (χ0v) is 15.8. The smallest absolute Gasteiger partial charge is 0.228 e. The predicted octanol–water partition coefficient (Wildman–Crippen LogP) is 4.59. The van der Waals surface area contributed by atoms with Crippen molar-refractivity contribution in [1.29, 1.82) is 0 Å². The van der Waals surface area contributed by atoms with Gasteiger partial charge in [0, 0.05) is 18.1 Å². The zero-order chi connectivity index (χ0) is 18.4. The first-order valence-electron chi connectivity index (χ1n) is 9.16. The summed E-state index contributed by atoms with van der Waals surface area (Å²) >= 11 is 6.28. The summed E-state index contributed by atoms with van der Waals surface area (Å²) in [7, 11) is 0. The highest BCUT2D eigenvalue weighted by Gasteiger charge is 2.26. The largest absolute Gasteiger partial charge is 0.492 e. The van der Waals surface area contributed by atoms with Gasteiger partial charge in [0.05, 0.1) is 18.2 Å². The number of para-hydroxylation sites is 2. The van der Waals surface area contributed by atoms with Gasteiger partial charge in [0.15, 0.2) is 0 Å². The topological polar surface area (TPSA) is 41.6 Å². The number of piperidine rings is 1. The quantitative estimate of drug-likeness (QED) is 0.806. The van der Waals surface area contributed by atoms with Crippen molar-refractivity contribution < 1.29 is 9.53 Å². The lowest BCUT2D eigenvalue weighted by atomic mass is 9.96. The molecule has 1 atom stereocenters. The molecule has 1 fully saturated rings. The first-order chi connectivity index (χ1) is 12.7. The molecule has 0 unspecified atom stereocenters. The van der Waals surface area contributed by atoms with E-state index in [1.54, 1.807) is 0 Å². The monoisotopic (exact) mass is 372 g/mol. The molecule has 0 aromatic heterocycles. The van der Waals surface area contributed by atoms with E-state index in [0.29, 0.717) is 12.4 Å². The number of carbonyl (C=O) groups is 1. The maximum Gasteiger partial charge on any atom is 0.228 e. The zero-order valence-electron chi connectivity index (χ0n) is 15.1. The minimum Gasteiger partial charge on any atom is -0.492 e. The molecule has 1 aliphatic heterocycles. The molecule has 1 saturated heterocycles. The number of rotatable bonds is 6. The van der Waals surface area contributed by atoms with E-state index in [4.69, 9.17) is 16.3 Å². The molecule has 0 spiro atoms. The van der Waals surface area contributed by atoms with Crippen LogP contribution in [0.4, 0.5) is 5.69 Å². The lowest BCUT2D eigenvalue weighted by Gasteiger charge is -2.32. The fourth-order valence-electron chi connectivity index (χ4n) is 3.37. The molecule has 2 aromatic rings. The summed E-state index contributed by atoms with van der Waals surface area (Å²) in [5, 5.41) is 3.83. The Hall–Kier alpha value is -2.04. The van der Waals surface area contributed by atoms with Crippen LogP contribution in [0, 0.1) is 5.92 Å². The van der Waals surface area contributed by atoms with Crippen LogP contribution in [0.1, 0.15) is 25.3 Å². The van der Waals surface area contributed by atoms with E-state index in [0.717, 1.165) is 48.7 Å². The summed E-state index contributed by atoms with van der Waals surface area (Å²) in [5.74, 6) is 0.744. The lowest BCUT2D eigenvalue weighted by Crippen LogP contribution is -2.40. The van der Waals surface area contributed by atoms with Crippen LogP contribution in [-0.2, 0) is 11.3 Å². The Morgan fingerprint density at radius 1 is 1.23 bits per heavy atom. The average molecular weight is 373 g/mol. The van der Waals surface area contributed by atoms with Crippen LogP contribution in [0.25, 0.3) is 0 Å². The van der Waals surface area contributed by atoms with E-state index in [-0.39, 0.29) is 11.8 Å². The van der Waals surface area contributed by atoms with Crippen LogP contribution in [0.15, 0.2) is 48.5 Å². The highest BCUT2D eigenvalue weighted by atomic mass is 35.5. The molecule has 1 heterocycles. The first-order valence-corrected chi connectivity index (χ1v) is 9.53. The van der Waals surface area contributed by atoms with Crippen molar-refractivity contribution in [3.05, 3.63) is 59.1 Å². The van der Waals surface area contributed by atoms with Crippen molar-refractivity contribution in [1.82, 2.24) is 4.90 Å². The van der Waals surface area contributed by atoms with E-state index in [2.05, 4.69) is 10.2 Å². The highest BCUT2D eigenvalue weighted by Crippen LogP contribution is 2.27. The minimum absolute atomic E-state index is 0.0269. The van der Waals surface area contributed by atoms with Crippen molar-refractivity contribution in [3.8, 4) is 5.75 Å². The summed E-state index contributed by atoms with van der Waals surface area (Å²) in [5.41, 5.74) is 1.85. The van der Waals surface area contributed by atoms with Crippen LogP contribution in [0.2, 0.25) is 5.02 Å². The fraction of sp³-hybridized carbons (Fsp3) is 0.381. The molecular formula is C21H25ClN2O2. The van der Waals surface area contributed by atoms with Crippen LogP contribution in [0.5, 0.6) is 5.75 Å². The number of nitrogens with one attached hydrogen (secondary N) is 1. The third-order valence-corrected chi connectivity index (χ3v) is 5.04. The SMILES string of the molecule is CCOc1ccccc1NC(=O)[C@H]1CCCN(Cc2ccccc2Cl)C1. The standard InChI is InChI=1S/C21H25ClN2O2/c1-2-26-20-12-6-5-11-19(20)23-21(25)17-9-7-13-24(15-17)14-16-8-3-4-10-18(16)22/h3-6,8,10-12,17H,2,7,9,13-15H2,1H3,(H,23,25)/t17-/m0/s1. The number of likely N-dealkylation sites (tertiary alicyclic amines) is 1. The summed E-state index contributed by atoms with van der Waals surface area (Å²) in [4.78, 5) is 15.1. The Morgan fingerprint density at radius 3 is 2.81 bits per heavy atom. The summed E-state index contributed by atoms with van der Waals surface area (Å²) < 4.78 is 5.60. The third kappa shape index (κ3) is 4.77. The van der Waals surface area contributed by atoms with Gasteiger partial charge in [0.1, 0.15) is 5.75 Å². The second kappa shape index (κ2) is 9.06. The molecule has 5 heteroatoms. The summed E-state index contributed by atoms with van der Waals surface area (Å²) in [6.45, 7) is 5.02. The van der Waals surface area contributed by atoms with Crippen LogP contribution in [0.3, 0.4) is 0 Å². The van der Waals surface area contributed by atoms with Gasteiger partial charge in [-0.3, -0.25) is 9.69 Å². The van der Waals surface area contributed by atoms with Gasteiger partial charge in [-0.25, -0.2) is 0 Å². The number of ether oxygens (including phenoxy) is 1. The number of hydrogen-bond acceptors (Lipinski definition) is 3. The number of nitrogens with zero attached hydrogens (tertiary/aromatic N) is 1. The fourth-order valence-corrected chi connectivity index (χ4v) is 3.56. The Balaban J connectivity index is 1.62. The van der Waals surface area contributed by atoms with Gasteiger partial charge in [-0.05, 0) is 50.1 Å². The Morgan fingerprint density at radius 2 is 2.00 bits per heavy atom. The van der Waals surface area contributed by atoms with Crippen molar-refractivity contribution in [2.75, 3.05) is 25.0 Å². The number of hydrogen-bond donors (Lipinski definition) is 1. The number of anilines is 1. The van der Waals surface area contributed by atoms with Gasteiger partial charge in [-0.15, -0.1) is 0 Å². The van der Waals surface area contributed by atoms with Crippen LogP contribution in [-0.4, -0.2) is 30.5 Å². The Kier molecular flexibility index (Phi) is 6.53. The molecule has 2 aromatic carbocycles. The van der Waals surface area contributed by atoms with E-state index >= 15 is 0 Å². The molecule has 0 saturated carbocycles. The molecule has 1 amide bonds. The molecular weight excluding hydrogens is 348 g/mol. The molecule has 1 aliphatic rings. The predicted molar refractivity (Wildman–Crippen MR) is 106 cm³/mol. The van der Waals surface area contributed by atoms with Crippen molar-refractivity contribution >= 4 is 23.2 Å². The molecule has 4 nitrogen and oxygen atoms in total. The van der Waals surface area contributed by atoms with E-state index in [1.165, 1.54) is 0 Å². The van der Waals surface area contributed by atoms with Crippen molar-refractivity contribution in [2.45, 2.75) is 26.3 Å². The summed E-state index contributed by atoms with van der Waals surface area (Å²) in [6.07, 6.45) is 1.91. The number of carbonyl (C=O) groups excluding carboxylic acids is 1. The van der Waals surface area contributed by atoms with Crippen molar-refractivity contribution in [3.63, 3.8) is 0 Å². The highest BCUT2D eigenvalue weighted by molar-refractivity contribution is 6.31. The van der Waals surface area contributed by atoms with Crippen molar-refractivity contribution in [2.24, 2.45) is 5.92 Å². The number of halogens is 1. The molecule has 0 bridgehead atoms. The molecule has 0 aliphatic carbocycles. The second-order valence-corrected chi connectivity index (χ2v) is 6.99. The molecule has 26 heavy (non-hydrogen) atoms. The van der Waals surface area contributed by atoms with Crippen LogP contribution < -0.4 is 10.1 Å². The average Bonchev–Trinajstić information content (AvgIpc) is 2.66. The maximum absolute atomic E-state index is 12.8. The molecule has 138 valence electrons. The van der Waals surface area contributed by atoms with E-state index in [1.807, 2.05) is 55.5 Å². The third-order valence-electron chi connectivity index (χ3n) is 4.67. The Bertz CT molecular complexity index is 750. The first kappa shape index (κ1) is 18.7. The van der Waals surface area contributed by atoms with Gasteiger partial charge in [0.2, 0.25) is 5.91 Å². The van der Waals surface area contributed by atoms with Gasteiger partial charge in [-0.2, -0.15) is 0 Å². The van der Waals surface area contributed by atoms with Gasteiger partial charge < -0.3 is 10.1 Å². The normalized spacial score (nSPS) is 17.7. The molecule has 0 radical (unpaired) electrons. The molecule has 1 N–H and O–H groups in total. The minimum atomic E-state index is -0.0269. The number of benzene rings is 2. The van der Waals surface area contributed by atoms with Gasteiger partial charge in [0.25, 0.3) is 0 Å². The van der Waals surface area contributed by atoms with Gasteiger partial charge in [-0.1, -0.05) is 41.9 Å². The second-order valence-electron chi connectivity index (χ2n) is 6.58. The van der Waals surface area contributed by atoms with Gasteiger partial charge >= 0.3 is 0 Å². The Labute approximate surface area is 160 Å². The van der Waals surface area contributed by atoms with Crippen LogP contribution >= 0.6 is 11.6 Å². The van der Waals surface area contributed by atoms with E-state index < -0.39 is 0 Å². The summed E-state index contributed by atoms with van der Waals surface area (Å²) in [6, 6.07) is 15.5. The lowest BCUT2D eigenvalue weighted by molar-refractivity contribution is -0.121. The number of amides is 1.